The Morgan fingerprint density at radius 1 is 0.227 bits per heavy atom. The van der Waals surface area contributed by atoms with Crippen LogP contribution in [0.5, 0.6) is 0 Å². The summed E-state index contributed by atoms with van der Waals surface area (Å²) in [5, 5.41) is 0. The van der Waals surface area contributed by atoms with Crippen LogP contribution in [0.4, 0.5) is 0 Å². The minimum absolute atomic E-state index is 0.0583. The van der Waals surface area contributed by atoms with Crippen molar-refractivity contribution in [2.75, 3.05) is 0 Å². The second kappa shape index (κ2) is 15.3. The van der Waals surface area contributed by atoms with E-state index < -0.39 is 0 Å². The largest absolute Gasteiger partial charge is 0.208 e. The lowest BCUT2D eigenvalue weighted by atomic mass is 9.81. The highest BCUT2D eigenvalue weighted by atomic mass is 15.0. The minimum Gasteiger partial charge on any atom is -0.208 e. The van der Waals surface area contributed by atoms with Gasteiger partial charge in [-0.2, -0.15) is 0 Å². The number of fused-ring (bicyclic) bond motifs is 6. The number of aromatic nitrogens is 3. The SMILES string of the molecule is CC1(C)c2ccccc2-c2ccc(-c3cccc(-c4cccc(-c5nc(-c6ccccc6)nc(-c6cccc(-c7cccc(-c8ccc9c(c8)C(C)(C)c8ccccc8-9)c7)c6)n5)c4)c3)cc21. The molecule has 0 radical (unpaired) electrons. The van der Waals surface area contributed by atoms with Crippen molar-refractivity contribution in [2.24, 2.45) is 0 Å². The first-order valence-electron chi connectivity index (χ1n) is 22.9. The highest BCUT2D eigenvalue weighted by molar-refractivity contribution is 5.86. The van der Waals surface area contributed by atoms with Crippen molar-refractivity contribution in [3.8, 4) is 101 Å². The van der Waals surface area contributed by atoms with E-state index in [1.807, 2.05) is 18.2 Å². The van der Waals surface area contributed by atoms with Crippen LogP contribution in [-0.2, 0) is 10.8 Å². The molecule has 0 bridgehead atoms. The van der Waals surface area contributed by atoms with E-state index in [1.54, 1.807) is 0 Å². The lowest BCUT2D eigenvalue weighted by molar-refractivity contribution is 0.660. The number of rotatable bonds is 7. The number of hydrogen-bond donors (Lipinski definition) is 0. The first-order valence-corrected chi connectivity index (χ1v) is 22.9. The molecule has 1 heterocycles. The third-order valence-electron chi connectivity index (χ3n) is 14.1. The van der Waals surface area contributed by atoms with Crippen molar-refractivity contribution in [1.29, 1.82) is 0 Å². The molecule has 0 atom stereocenters. The lowest BCUT2D eigenvalue weighted by Gasteiger charge is -2.22. The Hall–Kier alpha value is -8.01. The molecule has 0 spiro atoms. The molecular formula is C63H47N3. The number of hydrogen-bond acceptors (Lipinski definition) is 3. The zero-order chi connectivity index (χ0) is 44.6. The van der Waals surface area contributed by atoms with Crippen LogP contribution < -0.4 is 0 Å². The van der Waals surface area contributed by atoms with Crippen LogP contribution in [0.3, 0.4) is 0 Å². The van der Waals surface area contributed by atoms with E-state index in [1.165, 1.54) is 66.8 Å². The Morgan fingerprint density at radius 2 is 0.515 bits per heavy atom. The molecule has 0 aliphatic heterocycles. The quantitative estimate of drug-likeness (QED) is 0.160. The van der Waals surface area contributed by atoms with Gasteiger partial charge < -0.3 is 0 Å². The predicted octanol–water partition coefficient (Wildman–Crippen LogP) is 16.2. The fraction of sp³-hybridized carbons (Fsp3) is 0.0952. The summed E-state index contributed by atoms with van der Waals surface area (Å²) in [5.41, 5.74) is 22.8. The highest BCUT2D eigenvalue weighted by Gasteiger charge is 2.36. The van der Waals surface area contributed by atoms with E-state index in [4.69, 9.17) is 15.0 Å². The topological polar surface area (TPSA) is 38.7 Å². The summed E-state index contributed by atoms with van der Waals surface area (Å²) in [6.45, 7) is 9.35. The molecular weight excluding hydrogens is 799 g/mol. The van der Waals surface area contributed by atoms with E-state index in [2.05, 4.69) is 222 Å². The van der Waals surface area contributed by atoms with Gasteiger partial charge in [-0.25, -0.2) is 15.0 Å². The first kappa shape index (κ1) is 39.6. The Morgan fingerprint density at radius 3 is 0.924 bits per heavy atom. The van der Waals surface area contributed by atoms with Crippen molar-refractivity contribution < 1.29 is 0 Å². The maximum absolute atomic E-state index is 5.20. The molecule has 0 saturated carbocycles. The molecule has 0 fully saturated rings. The van der Waals surface area contributed by atoms with Gasteiger partial charge in [0.15, 0.2) is 17.5 Å². The summed E-state index contributed by atoms with van der Waals surface area (Å²) >= 11 is 0. The fourth-order valence-electron chi connectivity index (χ4n) is 10.6. The van der Waals surface area contributed by atoms with Gasteiger partial charge in [-0.1, -0.05) is 204 Å². The number of benzene rings is 9. The van der Waals surface area contributed by atoms with Crippen LogP contribution in [0.15, 0.2) is 212 Å². The Bertz CT molecular complexity index is 3330. The summed E-state index contributed by atoms with van der Waals surface area (Å²) in [7, 11) is 0. The van der Waals surface area contributed by atoms with E-state index in [0.29, 0.717) is 17.5 Å². The van der Waals surface area contributed by atoms with Crippen LogP contribution in [0.2, 0.25) is 0 Å². The summed E-state index contributed by atoms with van der Waals surface area (Å²) in [6.07, 6.45) is 0. The number of nitrogens with zero attached hydrogens (tertiary/aromatic N) is 3. The maximum Gasteiger partial charge on any atom is 0.164 e. The second-order valence-corrected chi connectivity index (χ2v) is 18.9. The molecule has 10 aromatic rings. The van der Waals surface area contributed by atoms with Crippen molar-refractivity contribution in [2.45, 2.75) is 38.5 Å². The van der Waals surface area contributed by atoms with Crippen LogP contribution in [0, 0.1) is 0 Å². The zero-order valence-corrected chi connectivity index (χ0v) is 37.5. The molecule has 12 rings (SSSR count). The standard InChI is InChI=1S/C63H47N3/c1-62(2)55-28-10-8-26-51(55)53-32-30-47(38-57(53)62)43-20-12-18-41(34-43)45-22-14-24-49(36-45)60-64-59(40-16-6-5-7-17-40)65-61(66-60)50-25-15-23-46(37-50)42-19-13-21-44(35-42)48-31-33-54-52-27-9-11-29-56(52)63(3,4)58(54)39-48/h5-39H,1-4H3. The first-order chi connectivity index (χ1) is 32.2. The lowest BCUT2D eigenvalue weighted by Crippen LogP contribution is -2.14. The van der Waals surface area contributed by atoms with Gasteiger partial charge in [0.25, 0.3) is 0 Å². The van der Waals surface area contributed by atoms with Gasteiger partial charge in [0.05, 0.1) is 0 Å². The Balaban J connectivity index is 0.885. The van der Waals surface area contributed by atoms with E-state index in [-0.39, 0.29) is 10.8 Å². The van der Waals surface area contributed by atoms with E-state index >= 15 is 0 Å². The van der Waals surface area contributed by atoms with Crippen molar-refractivity contribution >= 4 is 0 Å². The normalized spacial score (nSPS) is 13.7. The highest BCUT2D eigenvalue weighted by Crippen LogP contribution is 2.51. The summed E-state index contributed by atoms with van der Waals surface area (Å²) in [5.74, 6) is 1.90. The van der Waals surface area contributed by atoms with Crippen molar-refractivity contribution in [3.63, 3.8) is 0 Å². The van der Waals surface area contributed by atoms with Gasteiger partial charge in [0.2, 0.25) is 0 Å². The summed E-state index contributed by atoms with van der Waals surface area (Å²) in [6, 6.07) is 76.6. The molecule has 66 heavy (non-hydrogen) atoms. The van der Waals surface area contributed by atoms with Gasteiger partial charge in [-0.15, -0.1) is 0 Å². The maximum atomic E-state index is 5.20. The van der Waals surface area contributed by atoms with Crippen molar-refractivity contribution in [3.05, 3.63) is 235 Å². The third kappa shape index (κ3) is 6.61. The van der Waals surface area contributed by atoms with Crippen LogP contribution in [0.1, 0.15) is 49.9 Å². The molecule has 9 aromatic carbocycles. The Kier molecular flexibility index (Phi) is 9.19. The molecule has 1 aromatic heterocycles. The zero-order valence-electron chi connectivity index (χ0n) is 37.5. The van der Waals surface area contributed by atoms with Gasteiger partial charge in [0, 0.05) is 27.5 Å². The van der Waals surface area contributed by atoms with Gasteiger partial charge in [-0.05, 0) is 125 Å². The molecule has 0 unspecified atom stereocenters. The average molecular weight is 846 g/mol. The molecule has 2 aliphatic carbocycles. The van der Waals surface area contributed by atoms with E-state index in [9.17, 15) is 0 Å². The van der Waals surface area contributed by atoms with Gasteiger partial charge >= 0.3 is 0 Å². The minimum atomic E-state index is -0.0583. The van der Waals surface area contributed by atoms with Crippen LogP contribution in [0.25, 0.3) is 101 Å². The molecule has 0 saturated heterocycles. The molecule has 3 nitrogen and oxygen atoms in total. The molecule has 314 valence electrons. The van der Waals surface area contributed by atoms with E-state index in [0.717, 1.165) is 38.9 Å². The van der Waals surface area contributed by atoms with Crippen LogP contribution >= 0.6 is 0 Å². The molecule has 3 heteroatoms. The Labute approximate surface area is 387 Å². The van der Waals surface area contributed by atoms with Gasteiger partial charge in [0.1, 0.15) is 0 Å². The second-order valence-electron chi connectivity index (χ2n) is 18.9. The van der Waals surface area contributed by atoms with Crippen LogP contribution in [-0.4, -0.2) is 15.0 Å². The molecule has 0 amide bonds. The smallest absolute Gasteiger partial charge is 0.164 e. The summed E-state index contributed by atoms with van der Waals surface area (Å²) < 4.78 is 0. The monoisotopic (exact) mass is 845 g/mol. The third-order valence-corrected chi connectivity index (χ3v) is 14.1. The predicted molar refractivity (Wildman–Crippen MR) is 273 cm³/mol. The fourth-order valence-corrected chi connectivity index (χ4v) is 10.6. The molecule has 2 aliphatic rings. The molecule has 0 N–H and O–H groups in total. The summed E-state index contributed by atoms with van der Waals surface area (Å²) in [4.78, 5) is 15.4. The van der Waals surface area contributed by atoms with Gasteiger partial charge in [-0.3, -0.25) is 0 Å². The average Bonchev–Trinajstić information content (AvgIpc) is 3.75. The van der Waals surface area contributed by atoms with Crippen molar-refractivity contribution in [1.82, 2.24) is 15.0 Å².